The number of piperidine rings is 1. The van der Waals surface area contributed by atoms with Crippen LogP contribution in [0.5, 0.6) is 0 Å². The van der Waals surface area contributed by atoms with Crippen LogP contribution < -0.4 is 5.32 Å². The Labute approximate surface area is 192 Å². The van der Waals surface area contributed by atoms with E-state index in [1.165, 1.54) is 37.8 Å². The number of hydrogen-bond donors (Lipinski definition) is 1. The lowest BCUT2D eigenvalue weighted by molar-refractivity contribution is -0.135. The Morgan fingerprint density at radius 3 is 2.64 bits per heavy atom. The zero-order valence-electron chi connectivity index (χ0n) is 19.0. The maximum atomic E-state index is 14.0. The predicted molar refractivity (Wildman–Crippen MR) is 118 cm³/mol. The monoisotopic (exact) mass is 460 g/mol. The first-order valence-electron chi connectivity index (χ1n) is 11.5. The minimum Gasteiger partial charge on any atom is -0.355 e. The van der Waals surface area contributed by atoms with Crippen molar-refractivity contribution in [3.05, 3.63) is 41.6 Å². The summed E-state index contributed by atoms with van der Waals surface area (Å²) in [7, 11) is 3.44. The van der Waals surface area contributed by atoms with Crippen molar-refractivity contribution in [1.82, 2.24) is 20.3 Å². The molecule has 4 rings (SSSR count). The van der Waals surface area contributed by atoms with E-state index in [0.29, 0.717) is 18.9 Å². The van der Waals surface area contributed by atoms with Gasteiger partial charge in [0.05, 0.1) is 11.5 Å². The van der Waals surface area contributed by atoms with Crippen molar-refractivity contribution in [2.24, 2.45) is 11.8 Å². The number of halogens is 2. The van der Waals surface area contributed by atoms with Gasteiger partial charge in [-0.15, -0.1) is 0 Å². The predicted octanol–water partition coefficient (Wildman–Crippen LogP) is 3.32. The third-order valence-corrected chi connectivity index (χ3v) is 6.70. The molecular weight excluding hydrogens is 430 g/mol. The SMILES string of the molecule is CN(C)C(=O)[C@@H]1CN(CC2CCCC2)CC[C@H]1NC(=O)c1cc(-c2ccc(F)cc2F)on1. The second kappa shape index (κ2) is 9.99. The largest absolute Gasteiger partial charge is 0.355 e. The molecule has 2 fully saturated rings. The fourth-order valence-electron chi connectivity index (χ4n) is 4.94. The van der Waals surface area contributed by atoms with Gasteiger partial charge in [0.25, 0.3) is 5.91 Å². The van der Waals surface area contributed by atoms with Gasteiger partial charge in [-0.25, -0.2) is 8.78 Å². The molecule has 2 aliphatic rings. The summed E-state index contributed by atoms with van der Waals surface area (Å²) in [5.74, 6) is -1.66. The van der Waals surface area contributed by atoms with Crippen LogP contribution >= 0.6 is 0 Å². The summed E-state index contributed by atoms with van der Waals surface area (Å²) in [6.07, 6.45) is 5.69. The topological polar surface area (TPSA) is 78.7 Å². The highest BCUT2D eigenvalue weighted by Crippen LogP contribution is 2.28. The third-order valence-electron chi connectivity index (χ3n) is 6.70. The molecule has 0 unspecified atom stereocenters. The number of hydrogen-bond acceptors (Lipinski definition) is 5. The number of nitrogens with zero attached hydrogens (tertiary/aromatic N) is 3. The van der Waals surface area contributed by atoms with E-state index in [9.17, 15) is 18.4 Å². The smallest absolute Gasteiger partial charge is 0.273 e. The summed E-state index contributed by atoms with van der Waals surface area (Å²) in [5.41, 5.74) is 0.00185. The molecule has 7 nitrogen and oxygen atoms in total. The Kier molecular flexibility index (Phi) is 7.07. The van der Waals surface area contributed by atoms with E-state index in [-0.39, 0.29) is 34.9 Å². The van der Waals surface area contributed by atoms with E-state index in [0.717, 1.165) is 25.2 Å². The average Bonchev–Trinajstić information content (AvgIpc) is 3.46. The summed E-state index contributed by atoms with van der Waals surface area (Å²) < 4.78 is 32.3. The highest BCUT2D eigenvalue weighted by Gasteiger charge is 2.37. The molecule has 2 atom stereocenters. The molecule has 9 heteroatoms. The molecule has 1 aliphatic heterocycles. The molecule has 33 heavy (non-hydrogen) atoms. The summed E-state index contributed by atoms with van der Waals surface area (Å²) in [6, 6.07) is 4.07. The van der Waals surface area contributed by atoms with Crippen LogP contribution in [-0.4, -0.2) is 66.5 Å². The van der Waals surface area contributed by atoms with Crippen LogP contribution in [0, 0.1) is 23.5 Å². The second-order valence-corrected chi connectivity index (χ2v) is 9.32. The molecule has 1 saturated heterocycles. The summed E-state index contributed by atoms with van der Waals surface area (Å²) in [6.45, 7) is 2.40. The maximum Gasteiger partial charge on any atom is 0.273 e. The molecule has 0 radical (unpaired) electrons. The van der Waals surface area contributed by atoms with Crippen LogP contribution in [0.3, 0.4) is 0 Å². The summed E-state index contributed by atoms with van der Waals surface area (Å²) in [4.78, 5) is 29.7. The van der Waals surface area contributed by atoms with Crippen LogP contribution in [0.2, 0.25) is 0 Å². The highest BCUT2D eigenvalue weighted by atomic mass is 19.1. The molecular formula is C24H30F2N4O3. The van der Waals surface area contributed by atoms with E-state index in [2.05, 4.69) is 15.4 Å². The number of carbonyl (C=O) groups excluding carboxylic acids is 2. The molecule has 1 aromatic carbocycles. The van der Waals surface area contributed by atoms with E-state index in [4.69, 9.17) is 4.52 Å². The highest BCUT2D eigenvalue weighted by molar-refractivity contribution is 5.94. The maximum absolute atomic E-state index is 14.0. The molecule has 178 valence electrons. The van der Waals surface area contributed by atoms with Crippen LogP contribution in [-0.2, 0) is 4.79 Å². The summed E-state index contributed by atoms with van der Waals surface area (Å²) >= 11 is 0. The van der Waals surface area contributed by atoms with Crippen LogP contribution in [0.25, 0.3) is 11.3 Å². The minimum absolute atomic E-state index is 0.0156. The number of amides is 2. The standard InChI is InChI=1S/C24H30F2N4O3/c1-29(2)24(32)18-14-30(13-15-5-3-4-6-15)10-9-20(18)27-23(31)21-12-22(33-28-21)17-8-7-16(25)11-19(17)26/h7-8,11-12,15,18,20H,3-6,9-10,13-14H2,1-2H3,(H,27,31)/t18-,20-/m1/s1. The Balaban J connectivity index is 1.44. The van der Waals surface area contributed by atoms with Crippen molar-refractivity contribution in [1.29, 1.82) is 0 Å². The molecule has 1 saturated carbocycles. The van der Waals surface area contributed by atoms with Gasteiger partial charge < -0.3 is 19.6 Å². The van der Waals surface area contributed by atoms with Gasteiger partial charge in [0, 0.05) is 51.9 Å². The molecule has 0 spiro atoms. The number of likely N-dealkylation sites (tertiary alicyclic amines) is 1. The van der Waals surface area contributed by atoms with Gasteiger partial charge in [-0.2, -0.15) is 0 Å². The van der Waals surface area contributed by atoms with Gasteiger partial charge in [-0.1, -0.05) is 18.0 Å². The number of benzene rings is 1. The fourth-order valence-corrected chi connectivity index (χ4v) is 4.94. The zero-order valence-corrected chi connectivity index (χ0v) is 19.0. The van der Waals surface area contributed by atoms with Gasteiger partial charge >= 0.3 is 0 Å². The first kappa shape index (κ1) is 23.4. The quantitative estimate of drug-likeness (QED) is 0.716. The Morgan fingerprint density at radius 2 is 1.94 bits per heavy atom. The molecule has 1 aromatic heterocycles. The molecule has 2 aromatic rings. The van der Waals surface area contributed by atoms with Gasteiger partial charge in [0.15, 0.2) is 11.5 Å². The molecule has 1 N–H and O–H groups in total. The molecule has 2 heterocycles. The minimum atomic E-state index is -0.801. The summed E-state index contributed by atoms with van der Waals surface area (Å²) in [5, 5.41) is 6.69. The fraction of sp³-hybridized carbons (Fsp3) is 0.542. The van der Waals surface area contributed by atoms with Gasteiger partial charge in [-0.05, 0) is 37.3 Å². The van der Waals surface area contributed by atoms with Crippen molar-refractivity contribution < 1.29 is 22.9 Å². The number of nitrogens with one attached hydrogen (secondary N) is 1. The zero-order chi connectivity index (χ0) is 23.5. The molecule has 2 amide bonds. The van der Waals surface area contributed by atoms with Crippen molar-refractivity contribution in [2.45, 2.75) is 38.1 Å². The average molecular weight is 461 g/mol. The Bertz CT molecular complexity index is 1000. The van der Waals surface area contributed by atoms with E-state index < -0.39 is 17.5 Å². The van der Waals surface area contributed by atoms with Crippen LogP contribution in [0.15, 0.2) is 28.8 Å². The second-order valence-electron chi connectivity index (χ2n) is 9.32. The Hall–Kier alpha value is -2.81. The van der Waals surface area contributed by atoms with Crippen molar-refractivity contribution in [3.8, 4) is 11.3 Å². The molecule has 1 aliphatic carbocycles. The van der Waals surface area contributed by atoms with E-state index >= 15 is 0 Å². The number of rotatable bonds is 6. The Morgan fingerprint density at radius 1 is 1.18 bits per heavy atom. The van der Waals surface area contributed by atoms with Crippen molar-refractivity contribution in [3.63, 3.8) is 0 Å². The van der Waals surface area contributed by atoms with E-state index in [1.807, 2.05) is 0 Å². The van der Waals surface area contributed by atoms with Gasteiger partial charge in [-0.3, -0.25) is 9.59 Å². The first-order chi connectivity index (χ1) is 15.8. The van der Waals surface area contributed by atoms with Gasteiger partial charge in [0.1, 0.15) is 11.6 Å². The number of aromatic nitrogens is 1. The lowest BCUT2D eigenvalue weighted by atomic mass is 9.89. The van der Waals surface area contributed by atoms with Gasteiger partial charge in [0.2, 0.25) is 5.91 Å². The van der Waals surface area contributed by atoms with Crippen LogP contribution in [0.4, 0.5) is 8.78 Å². The lowest BCUT2D eigenvalue weighted by Gasteiger charge is -2.39. The van der Waals surface area contributed by atoms with Crippen molar-refractivity contribution in [2.75, 3.05) is 33.7 Å². The van der Waals surface area contributed by atoms with Crippen molar-refractivity contribution >= 4 is 11.8 Å². The van der Waals surface area contributed by atoms with E-state index in [1.54, 1.807) is 19.0 Å². The lowest BCUT2D eigenvalue weighted by Crippen LogP contribution is -2.56. The van der Waals surface area contributed by atoms with Crippen LogP contribution in [0.1, 0.15) is 42.6 Å². The normalized spacial score (nSPS) is 21.8. The molecule has 0 bridgehead atoms. The first-order valence-corrected chi connectivity index (χ1v) is 11.5. The third kappa shape index (κ3) is 5.40. The number of carbonyl (C=O) groups is 2.